The Labute approximate surface area is 123 Å². The number of hydrogen-bond donors (Lipinski definition) is 3. The summed E-state index contributed by atoms with van der Waals surface area (Å²) in [6, 6.07) is 13.9. The fourth-order valence-electron chi connectivity index (χ4n) is 1.80. The molecule has 2 rings (SSSR count). The molecule has 0 aliphatic carbocycles. The molecule has 5 nitrogen and oxygen atoms in total. The number of nitrogens with two attached hydrogens (primary N) is 1. The first-order valence-electron chi connectivity index (χ1n) is 6.62. The molecule has 1 unspecified atom stereocenters. The standard InChI is InChI=1S/C16H18N2O3/c1-11(21-15-5-3-2-4-12(15)10-19)16(20)18-14-8-6-13(17)7-9-14/h2-9,11,19H,10,17H2,1H3,(H,18,20). The molecule has 1 atom stereocenters. The minimum Gasteiger partial charge on any atom is -0.481 e. The van der Waals surface area contributed by atoms with Crippen LogP contribution in [0.15, 0.2) is 48.5 Å². The second-order valence-corrected chi connectivity index (χ2v) is 4.64. The summed E-state index contributed by atoms with van der Waals surface area (Å²) < 4.78 is 5.60. The van der Waals surface area contributed by atoms with Crippen LogP contribution in [0, 0.1) is 0 Å². The lowest BCUT2D eigenvalue weighted by Gasteiger charge is -2.16. The van der Waals surface area contributed by atoms with E-state index in [-0.39, 0.29) is 12.5 Å². The molecule has 0 bridgehead atoms. The summed E-state index contributed by atoms with van der Waals surface area (Å²) in [5, 5.41) is 12.0. The van der Waals surface area contributed by atoms with Crippen molar-refractivity contribution in [2.75, 3.05) is 11.1 Å². The van der Waals surface area contributed by atoms with E-state index in [1.165, 1.54) is 0 Å². The Morgan fingerprint density at radius 3 is 2.57 bits per heavy atom. The van der Waals surface area contributed by atoms with Crippen LogP contribution in [0.4, 0.5) is 11.4 Å². The lowest BCUT2D eigenvalue weighted by atomic mass is 10.2. The molecule has 0 saturated heterocycles. The van der Waals surface area contributed by atoms with E-state index in [2.05, 4.69) is 5.32 Å². The number of amides is 1. The average Bonchev–Trinajstić information content (AvgIpc) is 2.50. The molecular weight excluding hydrogens is 268 g/mol. The number of aliphatic hydroxyl groups excluding tert-OH is 1. The van der Waals surface area contributed by atoms with Gasteiger partial charge >= 0.3 is 0 Å². The van der Waals surface area contributed by atoms with Crippen molar-refractivity contribution in [1.82, 2.24) is 0 Å². The number of carbonyl (C=O) groups excluding carboxylic acids is 1. The van der Waals surface area contributed by atoms with Crippen molar-refractivity contribution in [1.29, 1.82) is 0 Å². The molecule has 1 amide bonds. The smallest absolute Gasteiger partial charge is 0.265 e. The molecule has 0 aromatic heterocycles. The Hall–Kier alpha value is -2.53. The van der Waals surface area contributed by atoms with Crippen molar-refractivity contribution < 1.29 is 14.6 Å². The summed E-state index contributed by atoms with van der Waals surface area (Å²) in [6.45, 7) is 1.52. The highest BCUT2D eigenvalue weighted by atomic mass is 16.5. The van der Waals surface area contributed by atoms with Crippen molar-refractivity contribution in [3.63, 3.8) is 0 Å². The van der Waals surface area contributed by atoms with Crippen LogP contribution in [0.3, 0.4) is 0 Å². The van der Waals surface area contributed by atoms with Gasteiger partial charge in [-0.25, -0.2) is 0 Å². The van der Waals surface area contributed by atoms with Gasteiger partial charge in [0.25, 0.3) is 5.91 Å². The van der Waals surface area contributed by atoms with Crippen molar-refractivity contribution in [2.45, 2.75) is 19.6 Å². The predicted molar refractivity (Wildman–Crippen MR) is 81.9 cm³/mol. The van der Waals surface area contributed by atoms with Crippen LogP contribution in [0.5, 0.6) is 5.75 Å². The first-order chi connectivity index (χ1) is 10.1. The molecule has 0 fully saturated rings. The lowest BCUT2D eigenvalue weighted by molar-refractivity contribution is -0.122. The molecule has 2 aromatic carbocycles. The normalized spacial score (nSPS) is 11.7. The van der Waals surface area contributed by atoms with Crippen molar-refractivity contribution in [3.8, 4) is 5.75 Å². The van der Waals surface area contributed by atoms with Crippen LogP contribution in [0.2, 0.25) is 0 Å². The molecule has 21 heavy (non-hydrogen) atoms. The zero-order valence-electron chi connectivity index (χ0n) is 11.7. The molecule has 0 spiro atoms. The monoisotopic (exact) mass is 286 g/mol. The maximum Gasteiger partial charge on any atom is 0.265 e. The minimum atomic E-state index is -0.685. The third-order valence-corrected chi connectivity index (χ3v) is 2.99. The molecule has 0 radical (unpaired) electrons. The van der Waals surface area contributed by atoms with E-state index in [9.17, 15) is 9.90 Å². The number of nitrogen functional groups attached to an aromatic ring is 1. The molecular formula is C16H18N2O3. The maximum absolute atomic E-state index is 12.1. The van der Waals surface area contributed by atoms with E-state index < -0.39 is 6.10 Å². The van der Waals surface area contributed by atoms with Crippen LogP contribution in [0.25, 0.3) is 0 Å². The molecule has 0 aliphatic rings. The number of anilines is 2. The van der Waals surface area contributed by atoms with E-state index in [1.807, 2.05) is 0 Å². The Bertz CT molecular complexity index is 611. The van der Waals surface area contributed by atoms with Gasteiger partial charge in [-0.3, -0.25) is 4.79 Å². The number of para-hydroxylation sites is 1. The summed E-state index contributed by atoms with van der Waals surface area (Å²) in [5.74, 6) is 0.229. The van der Waals surface area contributed by atoms with Crippen molar-refractivity contribution >= 4 is 17.3 Å². The fourth-order valence-corrected chi connectivity index (χ4v) is 1.80. The Balaban J connectivity index is 2.01. The number of nitrogens with one attached hydrogen (secondary N) is 1. The third kappa shape index (κ3) is 3.97. The van der Waals surface area contributed by atoms with Crippen LogP contribution in [-0.2, 0) is 11.4 Å². The van der Waals surface area contributed by atoms with Crippen LogP contribution < -0.4 is 15.8 Å². The first kappa shape index (κ1) is 14.9. The van der Waals surface area contributed by atoms with Crippen molar-refractivity contribution in [2.24, 2.45) is 0 Å². The number of hydrogen-bond acceptors (Lipinski definition) is 4. The van der Waals surface area contributed by atoms with Gasteiger partial charge < -0.3 is 20.9 Å². The first-order valence-corrected chi connectivity index (χ1v) is 6.62. The number of carbonyl (C=O) groups is 1. The largest absolute Gasteiger partial charge is 0.481 e. The maximum atomic E-state index is 12.1. The molecule has 0 aliphatic heterocycles. The predicted octanol–water partition coefficient (Wildman–Crippen LogP) is 2.17. The van der Waals surface area contributed by atoms with E-state index >= 15 is 0 Å². The van der Waals surface area contributed by atoms with Gasteiger partial charge in [0.1, 0.15) is 5.75 Å². The number of ether oxygens (including phenoxy) is 1. The third-order valence-electron chi connectivity index (χ3n) is 2.99. The molecule has 5 heteroatoms. The van der Waals surface area contributed by atoms with Crippen LogP contribution in [-0.4, -0.2) is 17.1 Å². The molecule has 0 heterocycles. The van der Waals surface area contributed by atoms with E-state index in [1.54, 1.807) is 55.5 Å². The number of aliphatic hydroxyl groups is 1. The van der Waals surface area contributed by atoms with E-state index in [0.29, 0.717) is 22.7 Å². The highest BCUT2D eigenvalue weighted by Crippen LogP contribution is 2.19. The average molecular weight is 286 g/mol. The SMILES string of the molecule is CC(Oc1ccccc1CO)C(=O)Nc1ccc(N)cc1. The van der Waals surface area contributed by atoms with Crippen LogP contribution >= 0.6 is 0 Å². The minimum absolute atomic E-state index is 0.136. The molecule has 4 N–H and O–H groups in total. The lowest BCUT2D eigenvalue weighted by Crippen LogP contribution is -2.30. The Kier molecular flexibility index (Phi) is 4.79. The highest BCUT2D eigenvalue weighted by Gasteiger charge is 2.16. The zero-order chi connectivity index (χ0) is 15.2. The molecule has 2 aromatic rings. The summed E-state index contributed by atoms with van der Waals surface area (Å²) in [7, 11) is 0. The number of benzene rings is 2. The van der Waals surface area contributed by atoms with Crippen LogP contribution in [0.1, 0.15) is 12.5 Å². The second kappa shape index (κ2) is 6.76. The summed E-state index contributed by atoms with van der Waals surface area (Å²) in [6.07, 6.45) is -0.685. The fraction of sp³-hybridized carbons (Fsp3) is 0.188. The molecule has 0 saturated carbocycles. The summed E-state index contributed by atoms with van der Waals surface area (Å²) >= 11 is 0. The van der Waals surface area contributed by atoms with Gasteiger partial charge in [0.2, 0.25) is 0 Å². The second-order valence-electron chi connectivity index (χ2n) is 4.64. The van der Waals surface area contributed by atoms with Gasteiger partial charge in [0.15, 0.2) is 6.10 Å². The van der Waals surface area contributed by atoms with Gasteiger partial charge in [-0.2, -0.15) is 0 Å². The van der Waals surface area contributed by atoms with E-state index in [4.69, 9.17) is 10.5 Å². The highest BCUT2D eigenvalue weighted by molar-refractivity contribution is 5.94. The summed E-state index contributed by atoms with van der Waals surface area (Å²) in [5.41, 5.74) is 7.52. The quantitative estimate of drug-likeness (QED) is 0.735. The zero-order valence-corrected chi connectivity index (χ0v) is 11.7. The van der Waals surface area contributed by atoms with Gasteiger partial charge in [0, 0.05) is 16.9 Å². The van der Waals surface area contributed by atoms with E-state index in [0.717, 1.165) is 0 Å². The molecule has 110 valence electrons. The van der Waals surface area contributed by atoms with Gasteiger partial charge in [-0.05, 0) is 37.3 Å². The van der Waals surface area contributed by atoms with Gasteiger partial charge in [-0.15, -0.1) is 0 Å². The number of rotatable bonds is 5. The Morgan fingerprint density at radius 1 is 1.24 bits per heavy atom. The topological polar surface area (TPSA) is 84.6 Å². The van der Waals surface area contributed by atoms with Gasteiger partial charge in [0.05, 0.1) is 6.61 Å². The Morgan fingerprint density at radius 2 is 1.90 bits per heavy atom. The van der Waals surface area contributed by atoms with Gasteiger partial charge in [-0.1, -0.05) is 18.2 Å². The summed E-state index contributed by atoms with van der Waals surface area (Å²) in [4.78, 5) is 12.1. The van der Waals surface area contributed by atoms with Crippen molar-refractivity contribution in [3.05, 3.63) is 54.1 Å².